The number of aromatic nitrogens is 1. The SMILES string of the molecule is CSc1ccccc1NC(=O)CN(C)C(=O)c1cccnc1Oc1ccccc1. The summed E-state index contributed by atoms with van der Waals surface area (Å²) >= 11 is 1.54. The molecule has 0 bridgehead atoms. The number of nitrogens with zero attached hydrogens (tertiary/aromatic N) is 2. The largest absolute Gasteiger partial charge is 0.438 e. The molecule has 1 heterocycles. The van der Waals surface area contributed by atoms with E-state index >= 15 is 0 Å². The molecular formula is C22H21N3O3S. The van der Waals surface area contributed by atoms with Crippen LogP contribution in [0.5, 0.6) is 11.6 Å². The molecule has 0 fully saturated rings. The fourth-order valence-corrected chi connectivity index (χ4v) is 3.22. The molecule has 3 rings (SSSR count). The number of benzene rings is 2. The Labute approximate surface area is 173 Å². The molecule has 1 aromatic heterocycles. The number of hydrogen-bond acceptors (Lipinski definition) is 5. The fourth-order valence-electron chi connectivity index (χ4n) is 2.67. The highest BCUT2D eigenvalue weighted by Gasteiger charge is 2.20. The zero-order valence-corrected chi connectivity index (χ0v) is 17.0. The molecule has 0 spiro atoms. The molecule has 6 nitrogen and oxygen atoms in total. The van der Waals surface area contributed by atoms with Crippen molar-refractivity contribution in [3.05, 3.63) is 78.5 Å². The highest BCUT2D eigenvalue weighted by molar-refractivity contribution is 7.98. The quantitative estimate of drug-likeness (QED) is 0.591. The summed E-state index contributed by atoms with van der Waals surface area (Å²) in [5.74, 6) is 0.145. The predicted molar refractivity (Wildman–Crippen MR) is 115 cm³/mol. The second-order valence-corrected chi connectivity index (χ2v) is 7.03. The summed E-state index contributed by atoms with van der Waals surface area (Å²) in [4.78, 5) is 31.8. The molecule has 7 heteroatoms. The summed E-state index contributed by atoms with van der Waals surface area (Å²) in [6.45, 7) is -0.0960. The number of nitrogens with one attached hydrogen (secondary N) is 1. The minimum absolute atomic E-state index is 0.0960. The monoisotopic (exact) mass is 407 g/mol. The Balaban J connectivity index is 1.69. The average Bonchev–Trinajstić information content (AvgIpc) is 2.74. The predicted octanol–water partition coefficient (Wildman–Crippen LogP) is 4.31. The zero-order valence-electron chi connectivity index (χ0n) is 16.2. The van der Waals surface area contributed by atoms with Crippen molar-refractivity contribution in [2.24, 2.45) is 0 Å². The Morgan fingerprint density at radius 3 is 2.52 bits per heavy atom. The van der Waals surface area contributed by atoms with Crippen molar-refractivity contribution in [1.82, 2.24) is 9.88 Å². The van der Waals surface area contributed by atoms with Crippen LogP contribution in [0.15, 0.2) is 77.8 Å². The van der Waals surface area contributed by atoms with E-state index < -0.39 is 0 Å². The van der Waals surface area contributed by atoms with Crippen molar-refractivity contribution < 1.29 is 14.3 Å². The highest BCUT2D eigenvalue weighted by atomic mass is 32.2. The van der Waals surface area contributed by atoms with E-state index in [0.29, 0.717) is 5.75 Å². The van der Waals surface area contributed by atoms with Gasteiger partial charge in [0.2, 0.25) is 11.8 Å². The van der Waals surface area contributed by atoms with Crippen LogP contribution in [0, 0.1) is 0 Å². The van der Waals surface area contributed by atoms with Gasteiger partial charge in [0, 0.05) is 18.1 Å². The molecule has 0 radical (unpaired) electrons. The maximum Gasteiger partial charge on any atom is 0.259 e. The van der Waals surface area contributed by atoms with Crippen LogP contribution in [0.2, 0.25) is 0 Å². The number of amides is 2. The number of rotatable bonds is 7. The summed E-state index contributed by atoms with van der Waals surface area (Å²) in [7, 11) is 1.57. The first kappa shape index (κ1) is 20.4. The first-order valence-corrected chi connectivity index (χ1v) is 10.2. The Hall–Kier alpha value is -3.32. The average molecular weight is 407 g/mol. The van der Waals surface area contributed by atoms with Gasteiger partial charge < -0.3 is 15.0 Å². The van der Waals surface area contributed by atoms with E-state index in [-0.39, 0.29) is 29.8 Å². The van der Waals surface area contributed by atoms with Crippen molar-refractivity contribution in [2.75, 3.05) is 25.2 Å². The van der Waals surface area contributed by atoms with Gasteiger partial charge in [-0.15, -0.1) is 11.8 Å². The summed E-state index contributed by atoms with van der Waals surface area (Å²) in [6.07, 6.45) is 3.50. The lowest BCUT2D eigenvalue weighted by molar-refractivity contribution is -0.116. The van der Waals surface area contributed by atoms with E-state index in [1.165, 1.54) is 4.90 Å². The second-order valence-electron chi connectivity index (χ2n) is 6.18. The molecule has 0 aliphatic heterocycles. The number of ether oxygens (including phenoxy) is 1. The molecule has 2 amide bonds. The van der Waals surface area contributed by atoms with E-state index in [2.05, 4.69) is 10.3 Å². The van der Waals surface area contributed by atoms with Crippen LogP contribution in [0.4, 0.5) is 5.69 Å². The topological polar surface area (TPSA) is 71.5 Å². The van der Waals surface area contributed by atoms with Gasteiger partial charge in [-0.05, 0) is 42.7 Å². The van der Waals surface area contributed by atoms with Gasteiger partial charge in [0.1, 0.15) is 11.3 Å². The van der Waals surface area contributed by atoms with Crippen molar-refractivity contribution in [3.63, 3.8) is 0 Å². The van der Waals surface area contributed by atoms with Crippen LogP contribution >= 0.6 is 11.8 Å². The van der Waals surface area contributed by atoms with Crippen molar-refractivity contribution in [2.45, 2.75) is 4.90 Å². The summed E-state index contributed by atoms with van der Waals surface area (Å²) < 4.78 is 5.75. The third-order valence-corrected chi connectivity index (χ3v) is 4.86. The Morgan fingerprint density at radius 1 is 1.03 bits per heavy atom. The van der Waals surface area contributed by atoms with Gasteiger partial charge in [-0.1, -0.05) is 30.3 Å². The van der Waals surface area contributed by atoms with Crippen LogP contribution in [0.25, 0.3) is 0 Å². The first-order valence-electron chi connectivity index (χ1n) is 8.94. The molecule has 29 heavy (non-hydrogen) atoms. The van der Waals surface area contributed by atoms with Gasteiger partial charge in [0.25, 0.3) is 5.91 Å². The van der Waals surface area contributed by atoms with Gasteiger partial charge in [-0.25, -0.2) is 4.98 Å². The van der Waals surface area contributed by atoms with Crippen LogP contribution in [0.3, 0.4) is 0 Å². The molecule has 0 unspecified atom stereocenters. The fraction of sp³-hybridized carbons (Fsp3) is 0.136. The van der Waals surface area contributed by atoms with Gasteiger partial charge in [0.05, 0.1) is 12.2 Å². The molecule has 3 aromatic rings. The number of pyridine rings is 1. The molecule has 0 aliphatic rings. The molecule has 0 saturated carbocycles. The van der Waals surface area contributed by atoms with Crippen LogP contribution in [-0.2, 0) is 4.79 Å². The molecule has 0 saturated heterocycles. The van der Waals surface area contributed by atoms with Crippen molar-refractivity contribution in [3.8, 4) is 11.6 Å². The van der Waals surface area contributed by atoms with Crippen molar-refractivity contribution in [1.29, 1.82) is 0 Å². The lowest BCUT2D eigenvalue weighted by Gasteiger charge is -2.18. The van der Waals surface area contributed by atoms with Gasteiger partial charge in [-0.3, -0.25) is 9.59 Å². The number of carbonyl (C=O) groups is 2. The lowest BCUT2D eigenvalue weighted by atomic mass is 10.2. The molecule has 1 N–H and O–H groups in total. The standard InChI is InChI=1S/C22H21N3O3S/c1-25(15-20(26)24-18-12-6-7-13-19(18)29-2)22(27)17-11-8-14-23-21(17)28-16-9-4-3-5-10-16/h3-14H,15H2,1-2H3,(H,24,26). The van der Waals surface area contributed by atoms with Crippen LogP contribution in [0.1, 0.15) is 10.4 Å². The Kier molecular flexibility index (Phi) is 6.86. The molecule has 148 valence electrons. The number of carbonyl (C=O) groups excluding carboxylic acids is 2. The summed E-state index contributed by atoms with van der Waals surface area (Å²) in [6, 6.07) is 19.9. The Morgan fingerprint density at radius 2 is 1.76 bits per heavy atom. The van der Waals surface area contributed by atoms with E-state index in [0.717, 1.165) is 10.6 Å². The van der Waals surface area contributed by atoms with Gasteiger partial charge in [0.15, 0.2) is 0 Å². The summed E-state index contributed by atoms with van der Waals surface area (Å²) in [5, 5.41) is 2.85. The van der Waals surface area contributed by atoms with Crippen LogP contribution < -0.4 is 10.1 Å². The van der Waals surface area contributed by atoms with Crippen LogP contribution in [-0.4, -0.2) is 41.5 Å². The van der Waals surface area contributed by atoms with E-state index in [1.54, 1.807) is 49.3 Å². The number of para-hydroxylation sites is 2. The van der Waals surface area contributed by atoms with Gasteiger partial charge >= 0.3 is 0 Å². The third kappa shape index (κ3) is 5.36. The Bertz CT molecular complexity index is 995. The number of anilines is 1. The van der Waals surface area contributed by atoms with Gasteiger partial charge in [-0.2, -0.15) is 0 Å². The third-order valence-electron chi connectivity index (χ3n) is 4.07. The maximum absolute atomic E-state index is 12.9. The minimum atomic E-state index is -0.350. The molecule has 0 atom stereocenters. The maximum atomic E-state index is 12.9. The first-order chi connectivity index (χ1) is 14.1. The molecule has 0 aliphatic carbocycles. The number of thioether (sulfide) groups is 1. The zero-order chi connectivity index (χ0) is 20.6. The molecule has 2 aromatic carbocycles. The molecular weight excluding hydrogens is 386 g/mol. The van der Waals surface area contributed by atoms with E-state index in [1.807, 2.05) is 48.7 Å². The minimum Gasteiger partial charge on any atom is -0.438 e. The second kappa shape index (κ2) is 9.75. The number of likely N-dealkylation sites (N-methyl/N-ethyl adjacent to an activating group) is 1. The lowest BCUT2D eigenvalue weighted by Crippen LogP contribution is -2.35. The summed E-state index contributed by atoms with van der Waals surface area (Å²) in [5.41, 5.74) is 1.01. The number of hydrogen-bond donors (Lipinski definition) is 1. The van der Waals surface area contributed by atoms with E-state index in [9.17, 15) is 9.59 Å². The normalized spacial score (nSPS) is 10.3. The smallest absolute Gasteiger partial charge is 0.259 e. The highest BCUT2D eigenvalue weighted by Crippen LogP contribution is 2.25. The van der Waals surface area contributed by atoms with Crippen molar-refractivity contribution >= 4 is 29.3 Å². The van der Waals surface area contributed by atoms with E-state index in [4.69, 9.17) is 4.74 Å².